The van der Waals surface area contributed by atoms with E-state index in [4.69, 9.17) is 4.74 Å². The van der Waals surface area contributed by atoms with Crippen molar-refractivity contribution >= 4 is 5.91 Å². The number of hydrogen-bond donors (Lipinski definition) is 2. The summed E-state index contributed by atoms with van der Waals surface area (Å²) in [6.45, 7) is 0.0754. The van der Waals surface area contributed by atoms with Crippen LogP contribution in [0.1, 0.15) is 18.4 Å². The summed E-state index contributed by atoms with van der Waals surface area (Å²) in [7, 11) is 0. The molecule has 6 nitrogen and oxygen atoms in total. The molecule has 27 heavy (non-hydrogen) atoms. The number of aliphatic hydroxyl groups is 1. The molecule has 1 heterocycles. The number of nitrogens with one attached hydrogen (secondary N) is 1. The monoisotopic (exact) mass is 383 g/mol. The molecule has 3 atom stereocenters. The molecule has 1 amide bonds. The average Bonchev–Trinajstić information content (AvgIpc) is 3.23. The first-order chi connectivity index (χ1) is 12.8. The Morgan fingerprint density at radius 1 is 1.30 bits per heavy atom. The minimum atomic E-state index is -4.56. The number of benzene rings is 1. The lowest BCUT2D eigenvalue weighted by Gasteiger charge is -2.18. The van der Waals surface area contributed by atoms with Crippen molar-refractivity contribution < 1.29 is 27.8 Å². The van der Waals surface area contributed by atoms with Crippen LogP contribution in [0.15, 0.2) is 42.7 Å². The maximum atomic E-state index is 12.9. The molecule has 1 aliphatic rings. The minimum Gasteiger partial charge on any atom is -0.483 e. The predicted molar refractivity (Wildman–Crippen MR) is 89.8 cm³/mol. The zero-order valence-electron chi connectivity index (χ0n) is 14.4. The van der Waals surface area contributed by atoms with Gasteiger partial charge in [0.1, 0.15) is 5.75 Å². The first-order valence-corrected chi connectivity index (χ1v) is 8.57. The Balaban J connectivity index is 1.51. The Kier molecular flexibility index (Phi) is 5.69. The Morgan fingerprint density at radius 3 is 2.78 bits per heavy atom. The number of rotatable bonds is 6. The molecule has 146 valence electrons. The first kappa shape index (κ1) is 19.2. The highest BCUT2D eigenvalue weighted by Crippen LogP contribution is 2.35. The summed E-state index contributed by atoms with van der Waals surface area (Å²) >= 11 is 0. The fourth-order valence-electron chi connectivity index (χ4n) is 3.31. The molecule has 0 spiro atoms. The number of para-hydroxylation sites is 1. The van der Waals surface area contributed by atoms with E-state index in [0.29, 0.717) is 19.4 Å². The van der Waals surface area contributed by atoms with Crippen molar-refractivity contribution in [2.24, 2.45) is 5.92 Å². The normalized spacial score (nSPS) is 22.6. The van der Waals surface area contributed by atoms with Gasteiger partial charge >= 0.3 is 6.18 Å². The van der Waals surface area contributed by atoms with E-state index in [0.717, 1.165) is 6.07 Å². The van der Waals surface area contributed by atoms with Crippen molar-refractivity contribution in [3.8, 4) is 5.75 Å². The molecule has 1 aromatic heterocycles. The summed E-state index contributed by atoms with van der Waals surface area (Å²) in [5.74, 6) is -0.823. The smallest absolute Gasteiger partial charge is 0.419 e. The molecule has 0 aliphatic heterocycles. The van der Waals surface area contributed by atoms with Gasteiger partial charge in [-0.15, -0.1) is 0 Å². The number of aliphatic hydroxyl groups excluding tert-OH is 1. The lowest BCUT2D eigenvalue weighted by Crippen LogP contribution is -2.42. The summed E-state index contributed by atoms with van der Waals surface area (Å²) in [5, 5.41) is 16.9. The van der Waals surface area contributed by atoms with Crippen molar-refractivity contribution in [3.63, 3.8) is 0 Å². The Morgan fingerprint density at radius 2 is 2.07 bits per heavy atom. The molecule has 1 saturated carbocycles. The van der Waals surface area contributed by atoms with Crippen LogP contribution in [0.4, 0.5) is 13.2 Å². The van der Waals surface area contributed by atoms with E-state index >= 15 is 0 Å². The van der Waals surface area contributed by atoms with Gasteiger partial charge < -0.3 is 15.2 Å². The van der Waals surface area contributed by atoms with Gasteiger partial charge in [-0.3, -0.25) is 9.48 Å². The molecule has 2 aromatic rings. The van der Waals surface area contributed by atoms with Crippen LogP contribution < -0.4 is 10.1 Å². The summed E-state index contributed by atoms with van der Waals surface area (Å²) in [4.78, 5) is 12.1. The van der Waals surface area contributed by atoms with Crippen molar-refractivity contribution in [1.82, 2.24) is 15.1 Å². The summed E-state index contributed by atoms with van der Waals surface area (Å²) in [6, 6.07) is 6.07. The van der Waals surface area contributed by atoms with Crippen LogP contribution in [0.25, 0.3) is 0 Å². The third-order valence-electron chi connectivity index (χ3n) is 4.53. The standard InChI is InChI=1S/C18H20F3N3O3/c19-18(20,21)13-4-1-2-5-16(13)27-11-17(26)23-14-8-12(9-15(14)25)10-24-7-3-6-22-24/h1-7,12,14-15,25H,8-11H2,(H,23,26)/t12?,14-,15-/m1/s1. The van der Waals surface area contributed by atoms with Crippen LogP contribution in [0.2, 0.25) is 0 Å². The molecule has 9 heteroatoms. The molecular formula is C18H20F3N3O3. The average molecular weight is 383 g/mol. The lowest BCUT2D eigenvalue weighted by molar-refractivity contribution is -0.139. The molecule has 0 radical (unpaired) electrons. The second kappa shape index (κ2) is 7.99. The van der Waals surface area contributed by atoms with Gasteiger partial charge in [-0.2, -0.15) is 18.3 Å². The number of ether oxygens (including phenoxy) is 1. The predicted octanol–water partition coefficient (Wildman–Crippen LogP) is 2.24. The van der Waals surface area contributed by atoms with E-state index in [1.807, 2.05) is 6.20 Å². The molecule has 1 aromatic carbocycles. The molecule has 1 fully saturated rings. The van der Waals surface area contributed by atoms with Crippen molar-refractivity contribution in [2.75, 3.05) is 6.61 Å². The number of hydrogen-bond acceptors (Lipinski definition) is 4. The molecule has 2 N–H and O–H groups in total. The second-order valence-corrected chi connectivity index (χ2v) is 6.59. The number of carbonyl (C=O) groups excluding carboxylic acids is 1. The van der Waals surface area contributed by atoms with Crippen molar-refractivity contribution in [3.05, 3.63) is 48.3 Å². The van der Waals surface area contributed by atoms with Gasteiger partial charge in [-0.05, 0) is 37.0 Å². The number of carbonyl (C=O) groups is 1. The number of aromatic nitrogens is 2. The fraction of sp³-hybridized carbons (Fsp3) is 0.444. The van der Waals surface area contributed by atoms with Gasteiger partial charge in [-0.1, -0.05) is 12.1 Å². The zero-order chi connectivity index (χ0) is 19.4. The topological polar surface area (TPSA) is 76.4 Å². The summed E-state index contributed by atoms with van der Waals surface area (Å²) in [5.41, 5.74) is -0.932. The summed E-state index contributed by atoms with van der Waals surface area (Å²) < 4.78 is 45.6. The third-order valence-corrected chi connectivity index (χ3v) is 4.53. The summed E-state index contributed by atoms with van der Waals surface area (Å²) in [6.07, 6.45) is -0.703. The zero-order valence-corrected chi connectivity index (χ0v) is 14.4. The van der Waals surface area contributed by atoms with Crippen LogP contribution in [-0.4, -0.2) is 39.5 Å². The van der Waals surface area contributed by atoms with Crippen molar-refractivity contribution in [1.29, 1.82) is 0 Å². The van der Waals surface area contributed by atoms with Gasteiger partial charge in [-0.25, -0.2) is 0 Å². The van der Waals surface area contributed by atoms with Crippen LogP contribution in [0.3, 0.4) is 0 Å². The van der Waals surface area contributed by atoms with Crippen LogP contribution >= 0.6 is 0 Å². The van der Waals surface area contributed by atoms with Gasteiger partial charge in [0.25, 0.3) is 5.91 Å². The number of nitrogens with zero attached hydrogens (tertiary/aromatic N) is 2. The number of halogens is 3. The fourth-order valence-corrected chi connectivity index (χ4v) is 3.31. The van der Waals surface area contributed by atoms with Crippen LogP contribution in [0.5, 0.6) is 5.75 Å². The number of alkyl halides is 3. The molecule has 0 saturated heterocycles. The Hall–Kier alpha value is -2.55. The largest absolute Gasteiger partial charge is 0.483 e. The Bertz CT molecular complexity index is 765. The Labute approximate surface area is 153 Å². The molecule has 3 rings (SSSR count). The molecular weight excluding hydrogens is 363 g/mol. The quantitative estimate of drug-likeness (QED) is 0.802. The van der Waals surface area contributed by atoms with Gasteiger partial charge in [0, 0.05) is 18.9 Å². The molecule has 1 aliphatic carbocycles. The lowest BCUT2D eigenvalue weighted by atomic mass is 10.1. The highest BCUT2D eigenvalue weighted by Gasteiger charge is 2.35. The SMILES string of the molecule is O=C(COc1ccccc1C(F)(F)F)N[C@@H]1CC(Cn2cccn2)C[C@H]1O. The minimum absolute atomic E-state index is 0.150. The highest BCUT2D eigenvalue weighted by atomic mass is 19.4. The molecule has 0 bridgehead atoms. The van der Waals surface area contributed by atoms with E-state index in [1.54, 1.807) is 16.9 Å². The second-order valence-electron chi connectivity index (χ2n) is 6.59. The van der Waals surface area contributed by atoms with Crippen molar-refractivity contribution in [2.45, 2.75) is 37.7 Å². The first-order valence-electron chi connectivity index (χ1n) is 8.57. The van der Waals surface area contributed by atoms with Gasteiger partial charge in [0.05, 0.1) is 17.7 Å². The third kappa shape index (κ3) is 5.00. The van der Waals surface area contributed by atoms with Gasteiger partial charge in [0.15, 0.2) is 6.61 Å². The van der Waals surface area contributed by atoms with Gasteiger partial charge in [0.2, 0.25) is 0 Å². The molecule has 1 unspecified atom stereocenters. The van der Waals surface area contributed by atoms with E-state index in [1.165, 1.54) is 18.2 Å². The number of amides is 1. The van der Waals surface area contributed by atoms with E-state index in [-0.39, 0.29) is 5.92 Å². The highest BCUT2D eigenvalue weighted by molar-refractivity contribution is 5.78. The van der Waals surface area contributed by atoms with E-state index < -0.39 is 42.1 Å². The maximum absolute atomic E-state index is 12.9. The van der Waals surface area contributed by atoms with E-state index in [9.17, 15) is 23.1 Å². The maximum Gasteiger partial charge on any atom is 0.419 e. The van der Waals surface area contributed by atoms with Crippen LogP contribution in [-0.2, 0) is 17.5 Å². The van der Waals surface area contributed by atoms with Crippen LogP contribution in [0, 0.1) is 5.92 Å². The van der Waals surface area contributed by atoms with E-state index in [2.05, 4.69) is 10.4 Å².